The first-order valence-electron chi connectivity index (χ1n) is 4.74. The lowest BCUT2D eigenvalue weighted by molar-refractivity contribution is -0.122. The number of hydrogen-bond acceptors (Lipinski definition) is 3. The van der Waals surface area contributed by atoms with Gasteiger partial charge in [-0.05, 0) is 18.1 Å². The highest BCUT2D eigenvalue weighted by atomic mass is 16.5. The maximum Gasteiger partial charge on any atom is 0.153 e. The zero-order valence-electron chi connectivity index (χ0n) is 7.90. The van der Waals surface area contributed by atoms with Crippen LogP contribution in [-0.2, 0) is 11.2 Å². The molecule has 0 radical (unpaired) electrons. The Balaban J connectivity index is 2.17. The van der Waals surface area contributed by atoms with Gasteiger partial charge >= 0.3 is 0 Å². The van der Waals surface area contributed by atoms with E-state index in [2.05, 4.69) is 0 Å². The molecule has 0 saturated carbocycles. The zero-order valence-corrected chi connectivity index (χ0v) is 7.90. The number of carbonyl (C=O) groups is 1. The molecular weight excluding hydrogens is 178 g/mol. The van der Waals surface area contributed by atoms with Crippen LogP contribution in [0.2, 0.25) is 0 Å². The van der Waals surface area contributed by atoms with E-state index in [1.54, 1.807) is 0 Å². The second-order valence-electron chi connectivity index (χ2n) is 3.49. The Morgan fingerprint density at radius 2 is 2.29 bits per heavy atom. The topological polar surface area (TPSA) is 52.3 Å². The largest absolute Gasteiger partial charge is 0.493 e. The van der Waals surface area contributed by atoms with Gasteiger partial charge in [0.25, 0.3) is 0 Å². The minimum Gasteiger partial charge on any atom is -0.493 e. The molecule has 74 valence electrons. The van der Waals surface area contributed by atoms with Crippen LogP contribution in [-0.4, -0.2) is 18.9 Å². The average molecular weight is 191 g/mol. The van der Waals surface area contributed by atoms with Gasteiger partial charge in [0, 0.05) is 0 Å². The summed E-state index contributed by atoms with van der Waals surface area (Å²) in [5, 5.41) is 0. The Bertz CT molecular complexity index is 349. The molecule has 3 heteroatoms. The van der Waals surface area contributed by atoms with E-state index in [0.717, 1.165) is 17.7 Å². The van der Waals surface area contributed by atoms with Gasteiger partial charge in [0.2, 0.25) is 0 Å². The predicted molar refractivity (Wildman–Crippen MR) is 53.2 cm³/mol. The lowest BCUT2D eigenvalue weighted by Crippen LogP contribution is -2.32. The summed E-state index contributed by atoms with van der Waals surface area (Å²) in [4.78, 5) is 11.4. The van der Waals surface area contributed by atoms with Crippen molar-refractivity contribution in [2.24, 2.45) is 11.7 Å². The van der Waals surface area contributed by atoms with Crippen LogP contribution in [0.3, 0.4) is 0 Å². The first-order chi connectivity index (χ1) is 6.81. The van der Waals surface area contributed by atoms with Crippen LogP contribution in [0.15, 0.2) is 24.3 Å². The van der Waals surface area contributed by atoms with Crippen molar-refractivity contribution in [2.75, 3.05) is 13.2 Å². The van der Waals surface area contributed by atoms with Gasteiger partial charge < -0.3 is 10.5 Å². The van der Waals surface area contributed by atoms with Crippen molar-refractivity contribution in [2.45, 2.75) is 6.42 Å². The molecule has 2 N–H and O–H groups in total. The quantitative estimate of drug-likeness (QED) is 0.751. The third kappa shape index (κ3) is 1.63. The van der Waals surface area contributed by atoms with Crippen molar-refractivity contribution >= 4 is 5.78 Å². The molecule has 0 aromatic heterocycles. The molecule has 0 aliphatic carbocycles. The van der Waals surface area contributed by atoms with E-state index < -0.39 is 0 Å². The summed E-state index contributed by atoms with van der Waals surface area (Å²) in [7, 11) is 0. The standard InChI is InChI=1S/C11H13NO2/c12-6-10(13)9-5-8-3-1-2-4-11(8)14-7-9/h1-4,9H,5-7,12H2. The van der Waals surface area contributed by atoms with Crippen LogP contribution < -0.4 is 10.5 Å². The number of para-hydroxylation sites is 1. The molecule has 1 aliphatic heterocycles. The minimum atomic E-state index is -0.0603. The molecule has 0 amide bonds. The van der Waals surface area contributed by atoms with Crippen LogP contribution >= 0.6 is 0 Å². The van der Waals surface area contributed by atoms with Gasteiger partial charge in [0.05, 0.1) is 19.1 Å². The van der Waals surface area contributed by atoms with Gasteiger partial charge in [-0.2, -0.15) is 0 Å². The second-order valence-corrected chi connectivity index (χ2v) is 3.49. The van der Waals surface area contributed by atoms with Crippen molar-refractivity contribution in [1.82, 2.24) is 0 Å². The Morgan fingerprint density at radius 3 is 3.07 bits per heavy atom. The monoisotopic (exact) mass is 191 g/mol. The Kier molecular flexibility index (Phi) is 2.50. The lowest BCUT2D eigenvalue weighted by atomic mass is 9.93. The molecule has 1 unspecified atom stereocenters. The number of fused-ring (bicyclic) bond motifs is 1. The summed E-state index contributed by atoms with van der Waals surface area (Å²) in [6, 6.07) is 7.81. The summed E-state index contributed by atoms with van der Waals surface area (Å²) in [6.45, 7) is 0.573. The second kappa shape index (κ2) is 3.80. The van der Waals surface area contributed by atoms with Gasteiger partial charge in [0.15, 0.2) is 5.78 Å². The molecule has 2 rings (SSSR count). The van der Waals surface area contributed by atoms with E-state index in [4.69, 9.17) is 10.5 Å². The molecule has 0 saturated heterocycles. The molecule has 0 spiro atoms. The third-order valence-electron chi connectivity index (χ3n) is 2.54. The van der Waals surface area contributed by atoms with Crippen LogP contribution in [0.1, 0.15) is 5.56 Å². The maximum absolute atomic E-state index is 11.4. The minimum absolute atomic E-state index is 0.0603. The fraction of sp³-hybridized carbons (Fsp3) is 0.364. The van der Waals surface area contributed by atoms with Gasteiger partial charge in [-0.25, -0.2) is 0 Å². The zero-order chi connectivity index (χ0) is 9.97. The number of carbonyl (C=O) groups excluding carboxylic acids is 1. The van der Waals surface area contributed by atoms with Gasteiger partial charge in [-0.15, -0.1) is 0 Å². The Morgan fingerprint density at radius 1 is 1.50 bits per heavy atom. The average Bonchev–Trinajstić information content (AvgIpc) is 2.27. The summed E-state index contributed by atoms with van der Waals surface area (Å²) in [5.74, 6) is 0.919. The number of Topliss-reactive ketones (excluding diaryl/α,β-unsaturated/α-hetero) is 1. The lowest BCUT2D eigenvalue weighted by Gasteiger charge is -2.23. The molecule has 1 atom stereocenters. The summed E-state index contributed by atoms with van der Waals surface area (Å²) >= 11 is 0. The van der Waals surface area contributed by atoms with Crippen molar-refractivity contribution in [3.05, 3.63) is 29.8 Å². The molecule has 1 aromatic rings. The number of rotatable bonds is 2. The van der Waals surface area contributed by atoms with Gasteiger partial charge in [0.1, 0.15) is 5.75 Å². The fourth-order valence-corrected chi connectivity index (χ4v) is 1.70. The number of nitrogens with two attached hydrogens (primary N) is 1. The highest BCUT2D eigenvalue weighted by molar-refractivity contribution is 5.83. The van der Waals surface area contributed by atoms with E-state index in [1.807, 2.05) is 24.3 Å². The van der Waals surface area contributed by atoms with E-state index in [1.165, 1.54) is 0 Å². The molecular formula is C11H13NO2. The maximum atomic E-state index is 11.4. The number of ether oxygens (including phenoxy) is 1. The molecule has 14 heavy (non-hydrogen) atoms. The summed E-state index contributed by atoms with van der Waals surface area (Å²) in [6.07, 6.45) is 0.756. The summed E-state index contributed by atoms with van der Waals surface area (Å²) in [5.41, 5.74) is 6.42. The van der Waals surface area contributed by atoms with E-state index in [0.29, 0.717) is 6.61 Å². The molecule has 1 aromatic carbocycles. The van der Waals surface area contributed by atoms with E-state index in [9.17, 15) is 4.79 Å². The smallest absolute Gasteiger partial charge is 0.153 e. The van der Waals surface area contributed by atoms with E-state index >= 15 is 0 Å². The SMILES string of the molecule is NCC(=O)C1COc2ccccc2C1. The first kappa shape index (κ1) is 9.21. The van der Waals surface area contributed by atoms with Crippen LogP contribution in [0.5, 0.6) is 5.75 Å². The molecule has 1 aliphatic rings. The Labute approximate surface area is 82.9 Å². The molecule has 3 nitrogen and oxygen atoms in total. The Hall–Kier alpha value is -1.35. The van der Waals surface area contributed by atoms with Crippen molar-refractivity contribution in [1.29, 1.82) is 0 Å². The third-order valence-corrected chi connectivity index (χ3v) is 2.54. The van der Waals surface area contributed by atoms with Crippen LogP contribution in [0.25, 0.3) is 0 Å². The number of ketones is 1. The van der Waals surface area contributed by atoms with Crippen LogP contribution in [0, 0.1) is 5.92 Å². The molecule has 0 fully saturated rings. The van der Waals surface area contributed by atoms with Gasteiger partial charge in [-0.3, -0.25) is 4.79 Å². The fourth-order valence-electron chi connectivity index (χ4n) is 1.70. The van der Waals surface area contributed by atoms with E-state index in [-0.39, 0.29) is 18.2 Å². The van der Waals surface area contributed by atoms with Gasteiger partial charge in [-0.1, -0.05) is 18.2 Å². The highest BCUT2D eigenvalue weighted by Crippen LogP contribution is 2.26. The van der Waals surface area contributed by atoms with Crippen LogP contribution in [0.4, 0.5) is 0 Å². The van der Waals surface area contributed by atoms with Crippen molar-refractivity contribution in [3.8, 4) is 5.75 Å². The predicted octanol–water partition coefficient (Wildman–Crippen LogP) is 0.765. The first-order valence-corrected chi connectivity index (χ1v) is 4.74. The van der Waals surface area contributed by atoms with Crippen molar-refractivity contribution < 1.29 is 9.53 Å². The molecule has 1 heterocycles. The number of benzene rings is 1. The molecule has 0 bridgehead atoms. The number of hydrogen-bond donors (Lipinski definition) is 1. The summed E-state index contributed by atoms with van der Waals surface area (Å²) < 4.78 is 5.48. The normalized spacial score (nSPS) is 19.6. The van der Waals surface area contributed by atoms with Crippen molar-refractivity contribution in [3.63, 3.8) is 0 Å². The highest BCUT2D eigenvalue weighted by Gasteiger charge is 2.24.